The summed E-state index contributed by atoms with van der Waals surface area (Å²) in [7, 11) is 0. The molecule has 74 valence electrons. The van der Waals surface area contributed by atoms with Gasteiger partial charge in [-0.2, -0.15) is 0 Å². The summed E-state index contributed by atoms with van der Waals surface area (Å²) in [6.07, 6.45) is -0.610. The highest BCUT2D eigenvalue weighted by molar-refractivity contribution is 9.10. The lowest BCUT2D eigenvalue weighted by molar-refractivity contribution is 0.183. The molecule has 0 aliphatic rings. The molecule has 1 aromatic carbocycles. The zero-order valence-corrected chi connectivity index (χ0v) is 9.08. The third-order valence-electron chi connectivity index (χ3n) is 2.19. The van der Waals surface area contributed by atoms with Crippen LogP contribution >= 0.6 is 15.9 Å². The van der Waals surface area contributed by atoms with Gasteiger partial charge >= 0.3 is 0 Å². The largest absolute Gasteiger partial charge is 0.386 e. The van der Waals surface area contributed by atoms with Gasteiger partial charge in [-0.05, 0) is 24.3 Å². The molecule has 0 saturated heterocycles. The lowest BCUT2D eigenvalue weighted by Crippen LogP contribution is -2.11. The number of aromatic amines is 1. The van der Waals surface area contributed by atoms with Crippen LogP contribution in [0.15, 0.2) is 28.7 Å². The van der Waals surface area contributed by atoms with E-state index in [0.717, 1.165) is 21.1 Å². The van der Waals surface area contributed by atoms with Gasteiger partial charge in [0.2, 0.25) is 0 Å². The number of aromatic nitrogens is 1. The normalized spacial score (nSPS) is 13.4. The van der Waals surface area contributed by atoms with Crippen molar-refractivity contribution in [1.29, 1.82) is 0 Å². The number of benzene rings is 1. The van der Waals surface area contributed by atoms with Crippen LogP contribution in [0.1, 0.15) is 11.8 Å². The second-order valence-corrected chi connectivity index (χ2v) is 4.12. The highest BCUT2D eigenvalue weighted by Crippen LogP contribution is 2.22. The quantitative estimate of drug-likeness (QED) is 0.767. The number of rotatable bonds is 2. The maximum atomic E-state index is 9.53. The van der Waals surface area contributed by atoms with Crippen molar-refractivity contribution in [3.05, 3.63) is 34.4 Å². The first-order chi connectivity index (χ1) is 6.70. The number of hydrogen-bond donors (Lipinski definition) is 3. The van der Waals surface area contributed by atoms with Gasteiger partial charge in [-0.3, -0.25) is 0 Å². The SMILES string of the molecule is NC[C@H](O)c1cc2cc(Br)ccc2[nH]1. The minimum absolute atomic E-state index is 0.230. The molecule has 0 unspecified atom stereocenters. The molecule has 0 fully saturated rings. The zero-order valence-electron chi connectivity index (χ0n) is 7.50. The van der Waals surface area contributed by atoms with Crippen molar-refractivity contribution in [3.63, 3.8) is 0 Å². The van der Waals surface area contributed by atoms with Crippen LogP contribution in [0, 0.1) is 0 Å². The van der Waals surface area contributed by atoms with Crippen LogP contribution in [0.4, 0.5) is 0 Å². The Balaban J connectivity index is 2.51. The van der Waals surface area contributed by atoms with Gasteiger partial charge in [0.1, 0.15) is 6.10 Å². The first-order valence-corrected chi connectivity index (χ1v) is 5.16. The van der Waals surface area contributed by atoms with Gasteiger partial charge in [0.05, 0.1) is 0 Å². The Hall–Kier alpha value is -0.840. The third kappa shape index (κ3) is 1.68. The maximum absolute atomic E-state index is 9.53. The summed E-state index contributed by atoms with van der Waals surface area (Å²) in [4.78, 5) is 3.12. The fourth-order valence-electron chi connectivity index (χ4n) is 1.43. The van der Waals surface area contributed by atoms with Gasteiger partial charge in [0.25, 0.3) is 0 Å². The average molecular weight is 255 g/mol. The Labute approximate surface area is 90.1 Å². The van der Waals surface area contributed by atoms with Crippen molar-refractivity contribution in [2.45, 2.75) is 6.10 Å². The molecule has 0 aliphatic carbocycles. The van der Waals surface area contributed by atoms with Crippen LogP contribution < -0.4 is 5.73 Å². The second kappa shape index (κ2) is 3.73. The van der Waals surface area contributed by atoms with Crippen LogP contribution in [0.2, 0.25) is 0 Å². The van der Waals surface area contributed by atoms with Crippen LogP contribution in [-0.2, 0) is 0 Å². The molecule has 1 aromatic heterocycles. The van der Waals surface area contributed by atoms with Gasteiger partial charge in [0.15, 0.2) is 0 Å². The summed E-state index contributed by atoms with van der Waals surface area (Å²) in [6, 6.07) is 7.83. The van der Waals surface area contributed by atoms with Gasteiger partial charge < -0.3 is 15.8 Å². The van der Waals surface area contributed by atoms with Crippen molar-refractivity contribution < 1.29 is 5.11 Å². The van der Waals surface area contributed by atoms with E-state index < -0.39 is 6.10 Å². The van der Waals surface area contributed by atoms with Crippen LogP contribution in [0.3, 0.4) is 0 Å². The molecule has 0 amide bonds. The molecular weight excluding hydrogens is 244 g/mol. The summed E-state index contributed by atoms with van der Waals surface area (Å²) in [5.74, 6) is 0. The van der Waals surface area contributed by atoms with Crippen LogP contribution in [0.25, 0.3) is 10.9 Å². The fraction of sp³-hybridized carbons (Fsp3) is 0.200. The Bertz CT molecular complexity index is 452. The minimum Gasteiger partial charge on any atom is -0.386 e. The molecule has 0 spiro atoms. The van der Waals surface area contributed by atoms with Gasteiger partial charge in [-0.25, -0.2) is 0 Å². The number of halogens is 1. The lowest BCUT2D eigenvalue weighted by atomic mass is 10.2. The van der Waals surface area contributed by atoms with Gasteiger partial charge in [-0.15, -0.1) is 0 Å². The molecule has 2 aromatic rings. The summed E-state index contributed by atoms with van der Waals surface area (Å²) < 4.78 is 1.03. The standard InChI is InChI=1S/C10H11BrN2O/c11-7-1-2-8-6(3-7)4-9(13-8)10(14)5-12/h1-4,10,13-14H,5,12H2/t10-/m0/s1. The first kappa shape index (κ1) is 9.71. The number of nitrogens with one attached hydrogen (secondary N) is 1. The average Bonchev–Trinajstić information content (AvgIpc) is 2.59. The summed E-state index contributed by atoms with van der Waals surface area (Å²) in [5, 5.41) is 10.6. The Kier molecular flexibility index (Phi) is 2.58. The van der Waals surface area contributed by atoms with Crippen molar-refractivity contribution >= 4 is 26.8 Å². The van der Waals surface area contributed by atoms with Crippen molar-refractivity contribution in [1.82, 2.24) is 4.98 Å². The van der Waals surface area contributed by atoms with E-state index in [4.69, 9.17) is 5.73 Å². The van der Waals surface area contributed by atoms with E-state index >= 15 is 0 Å². The van der Waals surface area contributed by atoms with Gasteiger partial charge in [0, 0.05) is 27.6 Å². The topological polar surface area (TPSA) is 62.0 Å². The molecule has 14 heavy (non-hydrogen) atoms. The number of hydrogen-bond acceptors (Lipinski definition) is 2. The second-order valence-electron chi connectivity index (χ2n) is 3.21. The molecule has 4 N–H and O–H groups in total. The summed E-state index contributed by atoms with van der Waals surface area (Å²) in [5.41, 5.74) is 7.15. The van der Waals surface area contributed by atoms with Crippen molar-refractivity contribution in [3.8, 4) is 0 Å². The van der Waals surface area contributed by atoms with E-state index in [0.29, 0.717) is 0 Å². The Morgan fingerprint density at radius 2 is 2.21 bits per heavy atom. The third-order valence-corrected chi connectivity index (χ3v) is 2.68. The van der Waals surface area contributed by atoms with Crippen molar-refractivity contribution in [2.75, 3.05) is 6.54 Å². The first-order valence-electron chi connectivity index (χ1n) is 4.37. The molecule has 3 nitrogen and oxygen atoms in total. The predicted molar refractivity (Wildman–Crippen MR) is 60.0 cm³/mol. The van der Waals surface area contributed by atoms with Crippen molar-refractivity contribution in [2.24, 2.45) is 5.73 Å². The van der Waals surface area contributed by atoms with E-state index in [2.05, 4.69) is 20.9 Å². The molecule has 0 bridgehead atoms. The summed E-state index contributed by atoms with van der Waals surface area (Å²) >= 11 is 3.39. The fourth-order valence-corrected chi connectivity index (χ4v) is 1.81. The number of aliphatic hydroxyl groups excluding tert-OH is 1. The van der Waals surface area contributed by atoms with Crippen LogP contribution in [0.5, 0.6) is 0 Å². The number of H-pyrrole nitrogens is 1. The molecule has 1 atom stereocenters. The predicted octanol–water partition coefficient (Wildman–Crippen LogP) is 1.92. The molecule has 0 aliphatic heterocycles. The molecule has 0 saturated carbocycles. The van der Waals surface area contributed by atoms with Crippen LogP contribution in [-0.4, -0.2) is 16.6 Å². The summed E-state index contributed by atoms with van der Waals surface area (Å²) in [6.45, 7) is 0.230. The number of fused-ring (bicyclic) bond motifs is 1. The van der Waals surface area contributed by atoms with E-state index in [9.17, 15) is 5.11 Å². The number of aliphatic hydroxyl groups is 1. The molecule has 2 rings (SSSR count). The van der Waals surface area contributed by atoms with E-state index in [1.165, 1.54) is 0 Å². The number of nitrogens with two attached hydrogens (primary N) is 1. The highest BCUT2D eigenvalue weighted by atomic mass is 79.9. The zero-order chi connectivity index (χ0) is 10.1. The van der Waals surface area contributed by atoms with E-state index in [1.807, 2.05) is 24.3 Å². The molecule has 4 heteroatoms. The highest BCUT2D eigenvalue weighted by Gasteiger charge is 2.08. The smallest absolute Gasteiger partial charge is 0.106 e. The van der Waals surface area contributed by atoms with Gasteiger partial charge in [-0.1, -0.05) is 15.9 Å². The maximum Gasteiger partial charge on any atom is 0.106 e. The Morgan fingerprint density at radius 3 is 2.93 bits per heavy atom. The Morgan fingerprint density at radius 1 is 1.43 bits per heavy atom. The van der Waals surface area contributed by atoms with E-state index in [1.54, 1.807) is 0 Å². The molecule has 1 heterocycles. The molecular formula is C10H11BrN2O. The lowest BCUT2D eigenvalue weighted by Gasteiger charge is -2.02. The minimum atomic E-state index is -0.610. The molecule has 0 radical (unpaired) electrons. The van der Waals surface area contributed by atoms with E-state index in [-0.39, 0.29) is 6.54 Å². The monoisotopic (exact) mass is 254 g/mol.